The molecule has 1 atom stereocenters. The first-order valence-corrected chi connectivity index (χ1v) is 7.60. The van der Waals surface area contributed by atoms with Crippen LogP contribution < -0.4 is 5.73 Å². The minimum absolute atomic E-state index is 0.454. The number of likely N-dealkylation sites (tertiary alicyclic amines) is 1. The highest BCUT2D eigenvalue weighted by Gasteiger charge is 2.36. The first-order chi connectivity index (χ1) is 8.17. The van der Waals surface area contributed by atoms with Crippen LogP contribution in [-0.4, -0.2) is 31.1 Å². The summed E-state index contributed by atoms with van der Waals surface area (Å²) < 4.78 is 0. The van der Waals surface area contributed by atoms with Crippen molar-refractivity contribution in [1.29, 1.82) is 0 Å². The Bertz CT molecular complexity index is 231. The zero-order valence-corrected chi connectivity index (χ0v) is 11.8. The van der Waals surface area contributed by atoms with Crippen LogP contribution in [0.1, 0.15) is 52.4 Å². The Hall–Kier alpha value is -0.0800. The minimum Gasteiger partial charge on any atom is -0.330 e. The molecular formula is C15H30N2. The molecule has 2 N–H and O–H groups in total. The van der Waals surface area contributed by atoms with Crippen molar-refractivity contribution >= 4 is 0 Å². The van der Waals surface area contributed by atoms with Gasteiger partial charge in [0.25, 0.3) is 0 Å². The molecule has 1 aliphatic carbocycles. The Labute approximate surface area is 107 Å². The summed E-state index contributed by atoms with van der Waals surface area (Å²) in [5, 5.41) is 0. The average molecular weight is 238 g/mol. The van der Waals surface area contributed by atoms with Gasteiger partial charge >= 0.3 is 0 Å². The van der Waals surface area contributed by atoms with Gasteiger partial charge in [-0.3, -0.25) is 0 Å². The lowest BCUT2D eigenvalue weighted by Crippen LogP contribution is -2.44. The van der Waals surface area contributed by atoms with Crippen molar-refractivity contribution in [2.45, 2.75) is 52.4 Å². The predicted octanol–water partition coefficient (Wildman–Crippen LogP) is 2.87. The van der Waals surface area contributed by atoms with Gasteiger partial charge in [0, 0.05) is 13.1 Å². The maximum absolute atomic E-state index is 6.10. The van der Waals surface area contributed by atoms with Crippen LogP contribution >= 0.6 is 0 Å². The van der Waals surface area contributed by atoms with E-state index in [0.717, 1.165) is 18.4 Å². The third-order valence-corrected chi connectivity index (χ3v) is 5.27. The molecule has 0 aromatic rings. The van der Waals surface area contributed by atoms with Crippen LogP contribution in [-0.2, 0) is 0 Å². The van der Waals surface area contributed by atoms with E-state index in [1.165, 1.54) is 58.2 Å². The maximum Gasteiger partial charge on any atom is 0.00502 e. The summed E-state index contributed by atoms with van der Waals surface area (Å²) in [6, 6.07) is 0. The summed E-state index contributed by atoms with van der Waals surface area (Å²) in [6.45, 7) is 9.53. The van der Waals surface area contributed by atoms with Crippen molar-refractivity contribution in [2.24, 2.45) is 23.0 Å². The van der Waals surface area contributed by atoms with E-state index in [4.69, 9.17) is 5.73 Å². The van der Waals surface area contributed by atoms with Gasteiger partial charge in [-0.1, -0.05) is 33.1 Å². The van der Waals surface area contributed by atoms with Crippen molar-refractivity contribution in [3.8, 4) is 0 Å². The Morgan fingerprint density at radius 2 is 1.94 bits per heavy atom. The monoisotopic (exact) mass is 238 g/mol. The van der Waals surface area contributed by atoms with Crippen molar-refractivity contribution in [2.75, 3.05) is 26.2 Å². The summed E-state index contributed by atoms with van der Waals surface area (Å²) in [6.07, 6.45) is 8.26. The van der Waals surface area contributed by atoms with Crippen molar-refractivity contribution in [3.63, 3.8) is 0 Å². The molecule has 0 aromatic heterocycles. The van der Waals surface area contributed by atoms with Gasteiger partial charge in [-0.15, -0.1) is 0 Å². The van der Waals surface area contributed by atoms with Crippen LogP contribution in [0.3, 0.4) is 0 Å². The Morgan fingerprint density at radius 1 is 1.24 bits per heavy atom. The largest absolute Gasteiger partial charge is 0.330 e. The molecule has 0 spiro atoms. The normalized spacial score (nSPS) is 39.7. The molecule has 1 unspecified atom stereocenters. The molecule has 1 heterocycles. The molecule has 0 amide bonds. The predicted molar refractivity (Wildman–Crippen MR) is 74.0 cm³/mol. The number of rotatable bonds is 4. The first kappa shape index (κ1) is 13.4. The summed E-state index contributed by atoms with van der Waals surface area (Å²) in [5.74, 6) is 1.88. The molecule has 2 heteroatoms. The van der Waals surface area contributed by atoms with Gasteiger partial charge in [0.05, 0.1) is 0 Å². The van der Waals surface area contributed by atoms with Crippen molar-refractivity contribution in [1.82, 2.24) is 4.90 Å². The lowest BCUT2D eigenvalue weighted by molar-refractivity contribution is 0.105. The van der Waals surface area contributed by atoms with E-state index >= 15 is 0 Å². The second-order valence-electron chi connectivity index (χ2n) is 6.68. The summed E-state index contributed by atoms with van der Waals surface area (Å²) >= 11 is 0. The Kier molecular flexibility index (Phi) is 4.48. The van der Waals surface area contributed by atoms with E-state index in [9.17, 15) is 0 Å². The van der Waals surface area contributed by atoms with Crippen LogP contribution in [0.25, 0.3) is 0 Å². The Balaban J connectivity index is 1.87. The molecule has 0 bridgehead atoms. The highest BCUT2D eigenvalue weighted by atomic mass is 15.2. The Morgan fingerprint density at radius 3 is 2.47 bits per heavy atom. The van der Waals surface area contributed by atoms with E-state index in [0.29, 0.717) is 5.41 Å². The van der Waals surface area contributed by atoms with Gasteiger partial charge in [0.15, 0.2) is 0 Å². The molecule has 2 fully saturated rings. The number of hydrogen-bond acceptors (Lipinski definition) is 2. The number of hydrogen-bond donors (Lipinski definition) is 1. The van der Waals surface area contributed by atoms with Crippen molar-refractivity contribution in [3.05, 3.63) is 0 Å². The van der Waals surface area contributed by atoms with E-state index in [1.807, 2.05) is 0 Å². The molecule has 2 nitrogen and oxygen atoms in total. The number of nitrogens with two attached hydrogens (primary N) is 1. The van der Waals surface area contributed by atoms with Crippen LogP contribution in [0.2, 0.25) is 0 Å². The first-order valence-electron chi connectivity index (χ1n) is 7.60. The van der Waals surface area contributed by atoms with E-state index in [-0.39, 0.29) is 0 Å². The second kappa shape index (κ2) is 5.71. The van der Waals surface area contributed by atoms with Gasteiger partial charge in [-0.05, 0) is 49.6 Å². The summed E-state index contributed by atoms with van der Waals surface area (Å²) in [4.78, 5) is 2.69. The molecule has 1 aliphatic heterocycles. The summed E-state index contributed by atoms with van der Waals surface area (Å²) in [5.41, 5.74) is 6.56. The standard InChI is InChI=1S/C15H30N2/c1-3-14-6-9-17(10-14)12-15(11-16)7-4-13(2)5-8-15/h13-14H,3-12,16H2,1-2H3. The average Bonchev–Trinajstić information content (AvgIpc) is 2.80. The fourth-order valence-electron chi connectivity index (χ4n) is 3.67. The molecule has 0 aromatic carbocycles. The highest BCUT2D eigenvalue weighted by molar-refractivity contribution is 4.90. The highest BCUT2D eigenvalue weighted by Crippen LogP contribution is 2.39. The zero-order chi connectivity index (χ0) is 12.3. The molecule has 2 aliphatic rings. The fourth-order valence-corrected chi connectivity index (χ4v) is 3.67. The van der Waals surface area contributed by atoms with Crippen molar-refractivity contribution < 1.29 is 0 Å². The lowest BCUT2D eigenvalue weighted by Gasteiger charge is -2.41. The smallest absolute Gasteiger partial charge is 0.00502 e. The molecular weight excluding hydrogens is 208 g/mol. The minimum atomic E-state index is 0.454. The molecule has 17 heavy (non-hydrogen) atoms. The van der Waals surface area contributed by atoms with Gasteiger partial charge in [-0.2, -0.15) is 0 Å². The molecule has 2 rings (SSSR count). The third kappa shape index (κ3) is 3.23. The van der Waals surface area contributed by atoms with Gasteiger partial charge in [0.1, 0.15) is 0 Å². The summed E-state index contributed by atoms with van der Waals surface area (Å²) in [7, 11) is 0. The van der Waals surface area contributed by atoms with E-state index < -0.39 is 0 Å². The number of nitrogens with zero attached hydrogens (tertiary/aromatic N) is 1. The molecule has 0 radical (unpaired) electrons. The maximum atomic E-state index is 6.10. The van der Waals surface area contributed by atoms with Crippen LogP contribution in [0.15, 0.2) is 0 Å². The molecule has 1 saturated carbocycles. The third-order valence-electron chi connectivity index (χ3n) is 5.27. The zero-order valence-electron chi connectivity index (χ0n) is 11.8. The molecule has 100 valence electrons. The second-order valence-corrected chi connectivity index (χ2v) is 6.68. The fraction of sp³-hybridized carbons (Fsp3) is 1.00. The van der Waals surface area contributed by atoms with Gasteiger partial charge < -0.3 is 10.6 Å². The van der Waals surface area contributed by atoms with Crippen LogP contribution in [0.5, 0.6) is 0 Å². The quantitative estimate of drug-likeness (QED) is 0.816. The van der Waals surface area contributed by atoms with Crippen LogP contribution in [0, 0.1) is 17.3 Å². The lowest BCUT2D eigenvalue weighted by atomic mass is 9.70. The van der Waals surface area contributed by atoms with Gasteiger partial charge in [0.2, 0.25) is 0 Å². The van der Waals surface area contributed by atoms with E-state index in [1.54, 1.807) is 0 Å². The topological polar surface area (TPSA) is 29.3 Å². The van der Waals surface area contributed by atoms with E-state index in [2.05, 4.69) is 18.7 Å². The van der Waals surface area contributed by atoms with Gasteiger partial charge in [-0.25, -0.2) is 0 Å². The molecule has 1 saturated heterocycles. The van der Waals surface area contributed by atoms with Crippen LogP contribution in [0.4, 0.5) is 0 Å². The SMILES string of the molecule is CCC1CCN(CC2(CN)CCC(C)CC2)C1.